The normalized spacial score (nSPS) is 25.9. The molecule has 4 heteroatoms. The molecular weight excluding hydrogens is 310 g/mol. The molecule has 0 N–H and O–H groups in total. The maximum absolute atomic E-state index is 11.6. The van der Waals surface area contributed by atoms with Gasteiger partial charge in [0, 0.05) is 52.2 Å². The zero-order valence-electron chi connectivity index (χ0n) is 15.9. The number of aryl methyl sites for hydroxylation is 1. The van der Waals surface area contributed by atoms with E-state index in [9.17, 15) is 4.79 Å². The number of carbonyl (C=O) groups is 1. The summed E-state index contributed by atoms with van der Waals surface area (Å²) in [6.07, 6.45) is 3.52. The van der Waals surface area contributed by atoms with Gasteiger partial charge in [-0.25, -0.2) is 0 Å². The molecule has 0 radical (unpaired) electrons. The van der Waals surface area contributed by atoms with Crippen molar-refractivity contribution in [2.24, 2.45) is 5.92 Å². The Bertz CT molecular complexity index is 547. The Kier molecular flexibility index (Phi) is 6.49. The molecule has 2 heterocycles. The number of benzene rings is 1. The first-order valence-electron chi connectivity index (χ1n) is 9.89. The molecule has 0 saturated carbocycles. The number of carbonyl (C=O) groups excluding carboxylic acids is 1. The summed E-state index contributed by atoms with van der Waals surface area (Å²) < 4.78 is 0. The van der Waals surface area contributed by atoms with Crippen molar-refractivity contribution in [1.82, 2.24) is 14.7 Å². The molecule has 25 heavy (non-hydrogen) atoms. The molecule has 1 amide bonds. The van der Waals surface area contributed by atoms with Crippen molar-refractivity contribution in [2.75, 3.05) is 45.8 Å². The van der Waals surface area contributed by atoms with Crippen molar-refractivity contribution in [3.63, 3.8) is 0 Å². The number of amides is 1. The van der Waals surface area contributed by atoms with Crippen molar-refractivity contribution < 1.29 is 4.79 Å². The Morgan fingerprint density at radius 1 is 1.08 bits per heavy atom. The van der Waals surface area contributed by atoms with Crippen molar-refractivity contribution >= 4 is 5.91 Å². The highest BCUT2D eigenvalue weighted by atomic mass is 16.2. The van der Waals surface area contributed by atoms with Gasteiger partial charge < -0.3 is 9.80 Å². The molecule has 2 atom stereocenters. The summed E-state index contributed by atoms with van der Waals surface area (Å²) in [4.78, 5) is 18.9. The fraction of sp³-hybridized carbons (Fsp3) is 0.667. The van der Waals surface area contributed by atoms with Gasteiger partial charge in [0.25, 0.3) is 0 Å². The highest BCUT2D eigenvalue weighted by Crippen LogP contribution is 2.23. The summed E-state index contributed by atoms with van der Waals surface area (Å²) in [6.45, 7) is 11.7. The average molecular weight is 344 g/mol. The van der Waals surface area contributed by atoms with Crippen molar-refractivity contribution in [1.29, 1.82) is 0 Å². The molecule has 0 unspecified atom stereocenters. The lowest BCUT2D eigenvalue weighted by Gasteiger charge is -2.30. The summed E-state index contributed by atoms with van der Waals surface area (Å²) in [5.74, 6) is 0.949. The van der Waals surface area contributed by atoms with E-state index in [0.29, 0.717) is 6.04 Å². The van der Waals surface area contributed by atoms with Crippen LogP contribution in [-0.2, 0) is 11.2 Å². The lowest BCUT2D eigenvalue weighted by Crippen LogP contribution is -2.43. The minimum Gasteiger partial charge on any atom is -0.342 e. The number of rotatable bonds is 5. The lowest BCUT2D eigenvalue weighted by molar-refractivity contribution is -0.128. The van der Waals surface area contributed by atoms with E-state index in [4.69, 9.17) is 0 Å². The first-order chi connectivity index (χ1) is 12.1. The third-order valence-electron chi connectivity index (χ3n) is 5.88. The van der Waals surface area contributed by atoms with Gasteiger partial charge in [0.15, 0.2) is 0 Å². The maximum Gasteiger partial charge on any atom is 0.219 e. The van der Waals surface area contributed by atoms with E-state index in [0.717, 1.165) is 38.5 Å². The first kappa shape index (κ1) is 18.4. The van der Waals surface area contributed by atoms with Gasteiger partial charge in [-0.1, -0.05) is 37.3 Å². The van der Waals surface area contributed by atoms with Crippen molar-refractivity contribution in [3.05, 3.63) is 35.9 Å². The minimum atomic E-state index is 0.226. The fourth-order valence-electron chi connectivity index (χ4n) is 4.44. The third kappa shape index (κ3) is 5.05. The highest BCUT2D eigenvalue weighted by Gasteiger charge is 2.34. The van der Waals surface area contributed by atoms with Crippen molar-refractivity contribution in [2.45, 2.75) is 39.2 Å². The number of likely N-dealkylation sites (tertiary alicyclic amines) is 1. The first-order valence-corrected chi connectivity index (χ1v) is 9.89. The van der Waals surface area contributed by atoms with Crippen molar-refractivity contribution in [3.8, 4) is 0 Å². The van der Waals surface area contributed by atoms with E-state index < -0.39 is 0 Å². The minimum absolute atomic E-state index is 0.226. The fourth-order valence-corrected chi connectivity index (χ4v) is 4.44. The molecule has 4 nitrogen and oxygen atoms in total. The SMILES string of the molecule is CC(=O)N1CCCN([C@H]2CN(CCCc3ccccc3)C[C@@H]2C)CC1. The van der Waals surface area contributed by atoms with E-state index in [2.05, 4.69) is 47.1 Å². The summed E-state index contributed by atoms with van der Waals surface area (Å²) in [6, 6.07) is 11.5. The largest absolute Gasteiger partial charge is 0.342 e. The van der Waals surface area contributed by atoms with E-state index in [1.807, 2.05) is 4.90 Å². The second kappa shape index (κ2) is 8.81. The molecule has 1 aromatic rings. The quantitative estimate of drug-likeness (QED) is 0.822. The predicted molar refractivity (Wildman–Crippen MR) is 103 cm³/mol. The zero-order valence-corrected chi connectivity index (χ0v) is 15.9. The Labute approximate surface area is 152 Å². The van der Waals surface area contributed by atoms with Gasteiger partial charge in [-0.05, 0) is 37.3 Å². The Balaban J connectivity index is 1.45. The van der Waals surface area contributed by atoms with Crippen LogP contribution in [0.25, 0.3) is 0 Å². The second-order valence-corrected chi connectivity index (χ2v) is 7.79. The number of hydrogen-bond donors (Lipinski definition) is 0. The molecule has 2 saturated heterocycles. The molecule has 0 aliphatic carbocycles. The molecule has 0 bridgehead atoms. The van der Waals surface area contributed by atoms with E-state index in [1.165, 1.54) is 38.0 Å². The maximum atomic E-state index is 11.6. The van der Waals surface area contributed by atoms with Crippen LogP contribution in [0.5, 0.6) is 0 Å². The third-order valence-corrected chi connectivity index (χ3v) is 5.88. The molecule has 2 fully saturated rings. The van der Waals surface area contributed by atoms with Crippen LogP contribution in [0.2, 0.25) is 0 Å². The van der Waals surface area contributed by atoms with Gasteiger partial charge in [0.2, 0.25) is 5.91 Å². The van der Waals surface area contributed by atoms with Crippen LogP contribution in [0.15, 0.2) is 30.3 Å². The molecule has 1 aromatic carbocycles. The number of hydrogen-bond acceptors (Lipinski definition) is 3. The second-order valence-electron chi connectivity index (χ2n) is 7.79. The summed E-state index contributed by atoms with van der Waals surface area (Å²) in [7, 11) is 0. The monoisotopic (exact) mass is 343 g/mol. The van der Waals surface area contributed by atoms with Gasteiger partial charge in [-0.2, -0.15) is 0 Å². The summed E-state index contributed by atoms with van der Waals surface area (Å²) >= 11 is 0. The van der Waals surface area contributed by atoms with E-state index in [-0.39, 0.29) is 5.91 Å². The average Bonchev–Trinajstić information content (AvgIpc) is 2.82. The summed E-state index contributed by atoms with van der Waals surface area (Å²) in [5, 5.41) is 0. The molecule has 0 aromatic heterocycles. The molecule has 2 aliphatic rings. The van der Waals surface area contributed by atoms with Crippen LogP contribution in [0.3, 0.4) is 0 Å². The molecular formula is C21H33N3O. The van der Waals surface area contributed by atoms with E-state index in [1.54, 1.807) is 6.92 Å². The van der Waals surface area contributed by atoms with Gasteiger partial charge in [-0.3, -0.25) is 9.69 Å². The van der Waals surface area contributed by atoms with Crippen LogP contribution < -0.4 is 0 Å². The van der Waals surface area contributed by atoms with Crippen LogP contribution in [0, 0.1) is 5.92 Å². The molecule has 138 valence electrons. The van der Waals surface area contributed by atoms with Gasteiger partial charge in [0.05, 0.1) is 0 Å². The smallest absolute Gasteiger partial charge is 0.219 e. The number of nitrogens with zero attached hydrogens (tertiary/aromatic N) is 3. The Morgan fingerprint density at radius 3 is 2.64 bits per heavy atom. The van der Waals surface area contributed by atoms with Crippen LogP contribution in [-0.4, -0.2) is 72.5 Å². The Hall–Kier alpha value is -1.39. The van der Waals surface area contributed by atoms with Gasteiger partial charge in [-0.15, -0.1) is 0 Å². The van der Waals surface area contributed by atoms with Gasteiger partial charge in [0.1, 0.15) is 0 Å². The van der Waals surface area contributed by atoms with Crippen LogP contribution in [0.4, 0.5) is 0 Å². The topological polar surface area (TPSA) is 26.8 Å². The molecule has 2 aliphatic heterocycles. The van der Waals surface area contributed by atoms with Crippen LogP contribution >= 0.6 is 0 Å². The summed E-state index contributed by atoms with van der Waals surface area (Å²) in [5.41, 5.74) is 1.45. The highest BCUT2D eigenvalue weighted by molar-refractivity contribution is 5.73. The zero-order chi connectivity index (χ0) is 17.6. The predicted octanol–water partition coefficient (Wildman–Crippen LogP) is 2.49. The lowest BCUT2D eigenvalue weighted by atomic mass is 10.0. The molecule has 3 rings (SSSR count). The standard InChI is InChI=1S/C21H33N3O/c1-18-16-22(11-6-10-20-8-4-3-5-9-20)17-21(18)24-13-7-12-23(14-15-24)19(2)25/h3-5,8-9,18,21H,6-7,10-17H2,1-2H3/t18-,21-/m0/s1. The Morgan fingerprint density at radius 2 is 1.88 bits per heavy atom. The van der Waals surface area contributed by atoms with E-state index >= 15 is 0 Å². The van der Waals surface area contributed by atoms with Crippen LogP contribution in [0.1, 0.15) is 32.3 Å². The van der Waals surface area contributed by atoms with Gasteiger partial charge >= 0.3 is 0 Å². The molecule has 0 spiro atoms.